The summed E-state index contributed by atoms with van der Waals surface area (Å²) < 4.78 is 0. The van der Waals surface area contributed by atoms with Crippen LogP contribution in [0.3, 0.4) is 0 Å². The Morgan fingerprint density at radius 1 is 1.08 bits per heavy atom. The summed E-state index contributed by atoms with van der Waals surface area (Å²) in [6, 6.07) is 10.3. The molecule has 1 heterocycles. The maximum absolute atomic E-state index is 12.5. The minimum Gasteiger partial charge on any atom is -0.388 e. The number of hydrogen-bond acceptors (Lipinski definition) is 3. The number of hydrogen-bond donors (Lipinski definition) is 2. The lowest BCUT2D eigenvalue weighted by Gasteiger charge is -2.33. The number of aliphatic hydroxyl groups is 1. The fraction of sp³-hybridized carbons (Fsp3) is 0.667. The molecule has 4 nitrogen and oxygen atoms in total. The summed E-state index contributed by atoms with van der Waals surface area (Å²) in [5.74, 6) is 0.452. The highest BCUT2D eigenvalue weighted by Gasteiger charge is 2.27. The topological polar surface area (TPSA) is 52.6 Å². The van der Waals surface area contributed by atoms with Crippen molar-refractivity contribution in [2.45, 2.75) is 63.5 Å². The Hall–Kier alpha value is -1.39. The van der Waals surface area contributed by atoms with Crippen LogP contribution in [0.5, 0.6) is 0 Å². The van der Waals surface area contributed by atoms with Crippen molar-refractivity contribution in [1.82, 2.24) is 10.2 Å². The van der Waals surface area contributed by atoms with Crippen LogP contribution in [-0.2, 0) is 4.79 Å². The van der Waals surface area contributed by atoms with Crippen molar-refractivity contribution in [3.63, 3.8) is 0 Å². The van der Waals surface area contributed by atoms with Gasteiger partial charge in [0.25, 0.3) is 0 Å². The van der Waals surface area contributed by atoms with Crippen LogP contribution in [0, 0.1) is 5.92 Å². The molecule has 0 bridgehead atoms. The van der Waals surface area contributed by atoms with E-state index >= 15 is 0 Å². The van der Waals surface area contributed by atoms with E-state index in [1.54, 1.807) is 0 Å². The summed E-state index contributed by atoms with van der Waals surface area (Å²) in [4.78, 5) is 14.8. The first-order valence-corrected chi connectivity index (χ1v) is 9.98. The molecule has 0 unspecified atom stereocenters. The molecule has 0 spiro atoms. The van der Waals surface area contributed by atoms with E-state index in [0.717, 1.165) is 57.3 Å². The minimum atomic E-state index is -0.395. The zero-order chi connectivity index (χ0) is 17.5. The number of rotatable bonds is 6. The van der Waals surface area contributed by atoms with Crippen molar-refractivity contribution in [2.24, 2.45) is 5.92 Å². The molecule has 2 aliphatic rings. The Balaban J connectivity index is 1.36. The molecule has 25 heavy (non-hydrogen) atoms. The molecule has 1 aromatic rings. The molecule has 0 radical (unpaired) electrons. The monoisotopic (exact) mass is 344 g/mol. The van der Waals surface area contributed by atoms with Gasteiger partial charge in [-0.15, -0.1) is 0 Å². The van der Waals surface area contributed by atoms with Crippen molar-refractivity contribution in [3.8, 4) is 0 Å². The molecule has 1 aromatic carbocycles. The van der Waals surface area contributed by atoms with Gasteiger partial charge in [-0.05, 0) is 50.8 Å². The predicted molar refractivity (Wildman–Crippen MR) is 100 cm³/mol. The number of benzene rings is 1. The van der Waals surface area contributed by atoms with Crippen LogP contribution in [0.15, 0.2) is 30.3 Å². The maximum Gasteiger partial charge on any atom is 0.223 e. The van der Waals surface area contributed by atoms with E-state index in [9.17, 15) is 9.90 Å². The van der Waals surface area contributed by atoms with Gasteiger partial charge in [0, 0.05) is 18.5 Å². The second-order valence-electron chi connectivity index (χ2n) is 7.67. The molecule has 138 valence electrons. The molecule has 4 heteroatoms. The highest BCUT2D eigenvalue weighted by atomic mass is 16.3. The fourth-order valence-corrected chi connectivity index (χ4v) is 4.13. The molecule has 1 saturated heterocycles. The maximum atomic E-state index is 12.5. The number of carbonyl (C=O) groups excluding carboxylic acids is 1. The number of nitrogens with zero attached hydrogens (tertiary/aromatic N) is 1. The van der Waals surface area contributed by atoms with Gasteiger partial charge in [-0.1, -0.05) is 49.6 Å². The van der Waals surface area contributed by atoms with E-state index in [1.165, 1.54) is 19.3 Å². The van der Waals surface area contributed by atoms with E-state index in [1.807, 2.05) is 30.3 Å². The Kier molecular flexibility index (Phi) is 6.88. The highest BCUT2D eigenvalue weighted by molar-refractivity contribution is 5.79. The summed E-state index contributed by atoms with van der Waals surface area (Å²) in [5.41, 5.74) is 0.990. The van der Waals surface area contributed by atoms with Crippen LogP contribution in [0.25, 0.3) is 0 Å². The standard InChI is InChI=1S/C21H32N2O2/c24-20(17-7-3-1-4-8-17)13-16-23-14-11-18(12-15-23)21(25)22-19-9-5-2-6-10-19/h1,3-4,7-8,18-20,24H,2,5-6,9-16H2,(H,22,25)/t20-/m1/s1. The van der Waals surface area contributed by atoms with Crippen LogP contribution < -0.4 is 5.32 Å². The average molecular weight is 344 g/mol. The molecule has 2 N–H and O–H groups in total. The Morgan fingerprint density at radius 3 is 2.44 bits per heavy atom. The number of amides is 1. The number of nitrogens with one attached hydrogen (secondary N) is 1. The van der Waals surface area contributed by atoms with Gasteiger partial charge in [-0.2, -0.15) is 0 Å². The molecular formula is C21H32N2O2. The van der Waals surface area contributed by atoms with Crippen molar-refractivity contribution < 1.29 is 9.90 Å². The summed E-state index contributed by atoms with van der Waals surface area (Å²) in [6.45, 7) is 2.82. The number of aliphatic hydroxyl groups excluding tert-OH is 1. The smallest absolute Gasteiger partial charge is 0.223 e. The lowest BCUT2D eigenvalue weighted by atomic mass is 9.92. The van der Waals surface area contributed by atoms with E-state index in [-0.39, 0.29) is 11.8 Å². The first kappa shape index (κ1) is 18.4. The van der Waals surface area contributed by atoms with Crippen molar-refractivity contribution in [1.29, 1.82) is 0 Å². The fourth-order valence-electron chi connectivity index (χ4n) is 4.13. The summed E-state index contributed by atoms with van der Waals surface area (Å²) in [7, 11) is 0. The van der Waals surface area contributed by atoms with Crippen LogP contribution in [0.4, 0.5) is 0 Å². The number of likely N-dealkylation sites (tertiary alicyclic amines) is 1. The van der Waals surface area contributed by atoms with Gasteiger partial charge in [0.1, 0.15) is 0 Å². The zero-order valence-corrected chi connectivity index (χ0v) is 15.2. The number of piperidine rings is 1. The molecule has 1 amide bonds. The van der Waals surface area contributed by atoms with Crippen molar-refractivity contribution in [3.05, 3.63) is 35.9 Å². The summed E-state index contributed by atoms with van der Waals surface area (Å²) in [6.07, 6.45) is 8.39. The first-order valence-electron chi connectivity index (χ1n) is 9.98. The molecule has 1 saturated carbocycles. The largest absolute Gasteiger partial charge is 0.388 e. The zero-order valence-electron chi connectivity index (χ0n) is 15.2. The SMILES string of the molecule is O=C(NC1CCCCC1)C1CCN(CC[C@@H](O)c2ccccc2)CC1. The van der Waals surface area contributed by atoms with E-state index < -0.39 is 6.10 Å². The van der Waals surface area contributed by atoms with Gasteiger partial charge in [-0.3, -0.25) is 4.79 Å². The summed E-state index contributed by atoms with van der Waals surface area (Å²) in [5, 5.41) is 13.6. The van der Waals surface area contributed by atoms with Gasteiger partial charge in [0.15, 0.2) is 0 Å². The van der Waals surface area contributed by atoms with Crippen molar-refractivity contribution in [2.75, 3.05) is 19.6 Å². The Labute approximate surface area is 151 Å². The quantitative estimate of drug-likeness (QED) is 0.833. The lowest BCUT2D eigenvalue weighted by molar-refractivity contribution is -0.127. The summed E-state index contributed by atoms with van der Waals surface area (Å²) >= 11 is 0. The second kappa shape index (κ2) is 9.35. The van der Waals surface area contributed by atoms with Crippen LogP contribution in [0.1, 0.15) is 63.0 Å². The van der Waals surface area contributed by atoms with Gasteiger partial charge < -0.3 is 15.3 Å². The highest BCUT2D eigenvalue weighted by Crippen LogP contribution is 2.22. The van der Waals surface area contributed by atoms with Gasteiger partial charge in [0.05, 0.1) is 6.10 Å². The molecule has 2 fully saturated rings. The van der Waals surface area contributed by atoms with Crippen LogP contribution in [-0.4, -0.2) is 41.6 Å². The Bertz CT molecular complexity index is 520. The minimum absolute atomic E-state index is 0.178. The molecule has 0 aromatic heterocycles. The first-order chi connectivity index (χ1) is 12.2. The van der Waals surface area contributed by atoms with Gasteiger partial charge in [0.2, 0.25) is 5.91 Å². The van der Waals surface area contributed by atoms with Crippen LogP contribution >= 0.6 is 0 Å². The molecule has 3 rings (SSSR count). The third kappa shape index (κ3) is 5.55. The second-order valence-corrected chi connectivity index (χ2v) is 7.67. The van der Waals surface area contributed by atoms with E-state index in [2.05, 4.69) is 10.2 Å². The van der Waals surface area contributed by atoms with E-state index in [0.29, 0.717) is 6.04 Å². The van der Waals surface area contributed by atoms with E-state index in [4.69, 9.17) is 0 Å². The predicted octanol–water partition coefficient (Wildman–Crippen LogP) is 3.27. The van der Waals surface area contributed by atoms with Crippen LogP contribution in [0.2, 0.25) is 0 Å². The van der Waals surface area contributed by atoms with Gasteiger partial charge >= 0.3 is 0 Å². The molecule has 1 aliphatic heterocycles. The third-order valence-corrected chi connectivity index (χ3v) is 5.81. The average Bonchev–Trinajstić information content (AvgIpc) is 2.68. The molecule has 1 aliphatic carbocycles. The molecule has 1 atom stereocenters. The van der Waals surface area contributed by atoms with Gasteiger partial charge in [-0.25, -0.2) is 0 Å². The lowest BCUT2D eigenvalue weighted by Crippen LogP contribution is -2.44. The van der Waals surface area contributed by atoms with Crippen molar-refractivity contribution >= 4 is 5.91 Å². The normalized spacial score (nSPS) is 21.8. The Morgan fingerprint density at radius 2 is 1.76 bits per heavy atom. The molecular weight excluding hydrogens is 312 g/mol. The number of carbonyl (C=O) groups is 1. The third-order valence-electron chi connectivity index (χ3n) is 5.81.